The number of hydrogen-bond acceptors (Lipinski definition) is 2. The first kappa shape index (κ1) is 28.0. The molecule has 1 saturated carbocycles. The predicted molar refractivity (Wildman–Crippen MR) is 135 cm³/mol. The summed E-state index contributed by atoms with van der Waals surface area (Å²) >= 11 is 1.47. The molecule has 7 radical (unpaired) electrons. The van der Waals surface area contributed by atoms with E-state index in [4.69, 9.17) is 0 Å². The first-order valence-electron chi connectivity index (χ1n) is 11.2. The molecular weight excluding hydrogens is 604 g/mol. The molecule has 0 saturated heterocycles. The van der Waals surface area contributed by atoms with E-state index in [-0.39, 0.29) is 12.1 Å². The Labute approximate surface area is 217 Å². The molecule has 0 aromatic heterocycles. The minimum absolute atomic E-state index is 0.232. The molecule has 33 heavy (non-hydrogen) atoms. The van der Waals surface area contributed by atoms with Gasteiger partial charge in [0.2, 0.25) is 6.67 Å². The van der Waals surface area contributed by atoms with Crippen LogP contribution in [0, 0.1) is 42.3 Å². The molecular formula is C29H34ClIrN2+. The summed E-state index contributed by atoms with van der Waals surface area (Å²) in [5.74, 6) is 7.34. The molecule has 4 rings (SSSR count). The molecule has 175 valence electrons. The van der Waals surface area contributed by atoms with Gasteiger partial charge < -0.3 is 9.80 Å². The second kappa shape index (κ2) is 13.6. The Morgan fingerprint density at radius 3 is 1.61 bits per heavy atom. The van der Waals surface area contributed by atoms with Gasteiger partial charge in [-0.3, -0.25) is 0 Å². The standard InChI is InChI=1S/C19H19N2.C10H15.ClH.Ir/c1-16(18-9-5-3-6-10-18)20-13-14-21(15-20)17(2)19-11-7-4-8-12-19;1-6-7(2)9(4)10(5)8(6)3;;/h3-11,13-14,16-17H,1-2H3;1-5H3;1H;/q-1;;;+3/p-1/t16-,17-;;;/m0.../s1. The Morgan fingerprint density at radius 2 is 1.15 bits per heavy atom. The molecule has 2 aromatic carbocycles. The van der Waals surface area contributed by atoms with Gasteiger partial charge in [0.05, 0.1) is 6.04 Å². The van der Waals surface area contributed by atoms with Gasteiger partial charge in [-0.1, -0.05) is 65.0 Å². The Morgan fingerprint density at radius 1 is 0.697 bits per heavy atom. The molecule has 1 fully saturated rings. The van der Waals surface area contributed by atoms with Crippen molar-refractivity contribution in [1.82, 2.24) is 9.80 Å². The SMILES string of the molecule is C[C@@H](c1[c-]cccc1)N1[C]N([C@@H](C)c2ccccc2)C=C1.C[C]1[C](C)[C](C)[C](C)[C]1C.[Cl][Ir+2]. The molecule has 0 amide bonds. The fourth-order valence-electron chi connectivity index (χ4n) is 3.89. The number of rotatable bonds is 4. The van der Waals surface area contributed by atoms with Crippen molar-refractivity contribution >= 4 is 9.58 Å². The van der Waals surface area contributed by atoms with Crippen LogP contribution in [0.5, 0.6) is 0 Å². The van der Waals surface area contributed by atoms with Crippen molar-refractivity contribution < 1.29 is 17.9 Å². The van der Waals surface area contributed by atoms with E-state index in [0.717, 1.165) is 0 Å². The van der Waals surface area contributed by atoms with Crippen LogP contribution in [0.1, 0.15) is 71.7 Å². The quantitative estimate of drug-likeness (QED) is 0.313. The Bertz CT molecular complexity index is 730. The molecule has 2 aromatic rings. The third kappa shape index (κ3) is 7.10. The average molecular weight is 638 g/mol. The Kier molecular flexibility index (Phi) is 11.5. The number of benzene rings is 2. The number of hydrogen-bond donors (Lipinski definition) is 0. The zero-order valence-corrected chi connectivity index (χ0v) is 23.8. The van der Waals surface area contributed by atoms with Crippen LogP contribution in [0.25, 0.3) is 0 Å². The molecule has 4 heteroatoms. The molecule has 1 aliphatic carbocycles. The van der Waals surface area contributed by atoms with Crippen LogP contribution in [-0.4, -0.2) is 9.80 Å². The summed E-state index contributed by atoms with van der Waals surface area (Å²) in [6, 6.07) is 22.4. The van der Waals surface area contributed by atoms with Crippen LogP contribution in [0.3, 0.4) is 0 Å². The number of nitrogens with zero attached hydrogens (tertiary/aromatic N) is 2. The maximum absolute atomic E-state index is 4.64. The van der Waals surface area contributed by atoms with Gasteiger partial charge >= 0.3 is 27.5 Å². The summed E-state index contributed by atoms with van der Waals surface area (Å²) in [5, 5.41) is 0. The summed E-state index contributed by atoms with van der Waals surface area (Å²) in [4.78, 5) is 4.22. The van der Waals surface area contributed by atoms with Crippen molar-refractivity contribution in [2.24, 2.45) is 0 Å². The molecule has 2 aliphatic rings. The van der Waals surface area contributed by atoms with E-state index in [1.807, 2.05) is 24.3 Å². The fourth-order valence-corrected chi connectivity index (χ4v) is 3.89. The second-order valence-corrected chi connectivity index (χ2v) is 8.42. The van der Waals surface area contributed by atoms with E-state index < -0.39 is 0 Å². The average Bonchev–Trinajstić information content (AvgIpc) is 3.43. The van der Waals surface area contributed by atoms with Crippen LogP contribution in [-0.2, 0) is 17.9 Å². The van der Waals surface area contributed by atoms with E-state index in [2.05, 4.69) is 123 Å². The Balaban J connectivity index is 0.000000270. The second-order valence-electron chi connectivity index (χ2n) is 8.42. The summed E-state index contributed by atoms with van der Waals surface area (Å²) < 4.78 is 0. The molecule has 0 unspecified atom stereocenters. The molecule has 0 spiro atoms. The number of halogens is 1. The van der Waals surface area contributed by atoms with Gasteiger partial charge in [0.25, 0.3) is 0 Å². The van der Waals surface area contributed by atoms with Gasteiger partial charge in [0.15, 0.2) is 0 Å². The Hall–Kier alpha value is -1.28. The summed E-state index contributed by atoms with van der Waals surface area (Å²) in [5.41, 5.74) is 2.46. The van der Waals surface area contributed by atoms with Crippen molar-refractivity contribution in [3.05, 3.63) is 120 Å². The van der Waals surface area contributed by atoms with Gasteiger partial charge in [0, 0.05) is 18.4 Å². The zero-order chi connectivity index (χ0) is 24.5. The minimum atomic E-state index is 0.232. The normalized spacial score (nSPS) is 19.7. The van der Waals surface area contributed by atoms with Crippen molar-refractivity contribution in [2.75, 3.05) is 0 Å². The first-order chi connectivity index (χ1) is 15.8. The molecule has 2 atom stereocenters. The summed E-state index contributed by atoms with van der Waals surface area (Å²) in [7, 11) is 4.64. The van der Waals surface area contributed by atoms with Crippen LogP contribution < -0.4 is 0 Å². The third-order valence-corrected chi connectivity index (χ3v) is 6.73. The van der Waals surface area contributed by atoms with Crippen LogP contribution in [0.4, 0.5) is 0 Å². The third-order valence-electron chi connectivity index (χ3n) is 6.73. The summed E-state index contributed by atoms with van der Waals surface area (Å²) in [6.45, 7) is 18.8. The monoisotopic (exact) mass is 638 g/mol. The topological polar surface area (TPSA) is 6.48 Å². The first-order valence-corrected chi connectivity index (χ1v) is 14.1. The van der Waals surface area contributed by atoms with Crippen molar-refractivity contribution in [3.8, 4) is 0 Å². The summed E-state index contributed by atoms with van der Waals surface area (Å²) in [6.07, 6.45) is 4.15. The van der Waals surface area contributed by atoms with E-state index >= 15 is 0 Å². The molecule has 0 bridgehead atoms. The van der Waals surface area contributed by atoms with E-state index in [1.165, 1.54) is 58.6 Å². The maximum atomic E-state index is 4.64. The van der Waals surface area contributed by atoms with E-state index in [1.54, 1.807) is 0 Å². The molecule has 2 nitrogen and oxygen atoms in total. The molecule has 1 heterocycles. The van der Waals surface area contributed by atoms with Crippen molar-refractivity contribution in [1.29, 1.82) is 0 Å². The van der Waals surface area contributed by atoms with Crippen molar-refractivity contribution in [2.45, 2.75) is 60.5 Å². The van der Waals surface area contributed by atoms with Gasteiger partial charge in [-0.2, -0.15) is 30.3 Å². The van der Waals surface area contributed by atoms with Gasteiger partial charge in [0.1, 0.15) is 0 Å². The van der Waals surface area contributed by atoms with Crippen LogP contribution in [0.2, 0.25) is 0 Å². The zero-order valence-electron chi connectivity index (χ0n) is 20.6. The van der Waals surface area contributed by atoms with Gasteiger partial charge in [-0.15, -0.1) is 5.56 Å². The molecule has 1 aliphatic heterocycles. The fraction of sp³-hybridized carbons (Fsp3) is 0.310. The van der Waals surface area contributed by atoms with Crippen molar-refractivity contribution in [3.63, 3.8) is 0 Å². The van der Waals surface area contributed by atoms with Crippen LogP contribution >= 0.6 is 9.58 Å². The predicted octanol–water partition coefficient (Wildman–Crippen LogP) is 8.05. The molecule has 0 N–H and O–H groups in total. The van der Waals surface area contributed by atoms with Crippen LogP contribution in [0.15, 0.2) is 67.0 Å². The van der Waals surface area contributed by atoms with Gasteiger partial charge in [-0.25, -0.2) is 0 Å². The van der Waals surface area contributed by atoms with E-state index in [9.17, 15) is 0 Å². The van der Waals surface area contributed by atoms with Gasteiger partial charge in [-0.05, 0) is 49.0 Å². The van der Waals surface area contributed by atoms with E-state index in [0.29, 0.717) is 0 Å².